The summed E-state index contributed by atoms with van der Waals surface area (Å²) in [6.07, 6.45) is 18.2. The van der Waals surface area contributed by atoms with Crippen LogP contribution in [-0.4, -0.2) is 16.1 Å². The Morgan fingerprint density at radius 1 is 0.778 bits per heavy atom. The molecule has 0 bridgehead atoms. The predicted molar refractivity (Wildman–Crippen MR) is 86.5 cm³/mol. The zero-order valence-corrected chi connectivity index (χ0v) is 13.9. The fourth-order valence-electron chi connectivity index (χ4n) is 3.57. The number of hydrogen-bond acceptors (Lipinski definition) is 1. The Morgan fingerprint density at radius 3 is 1.78 bits per heavy atom. The van der Waals surface area contributed by atoms with Crippen LogP contribution in [0.3, 0.4) is 0 Å². The van der Waals surface area contributed by atoms with E-state index >= 15 is 0 Å². The van der Waals surface area contributed by atoms with Crippen LogP contribution in [0.15, 0.2) is 0 Å². The first-order valence-corrected chi connectivity index (χ1v) is 9.33. The van der Waals surface area contributed by atoms with Gasteiger partial charge in [-0.05, 0) is 25.7 Å². The molecule has 2 rings (SSSR count). The first-order valence-electron chi connectivity index (χ1n) is 8.09. The van der Waals surface area contributed by atoms with Crippen molar-refractivity contribution in [2.75, 3.05) is 6.61 Å². The van der Waals surface area contributed by atoms with Gasteiger partial charge in [-0.3, -0.25) is 0 Å². The van der Waals surface area contributed by atoms with Crippen molar-refractivity contribution in [3.8, 4) is 0 Å². The second-order valence-electron chi connectivity index (χ2n) is 6.30. The monoisotopic (exact) mass is 364 g/mol. The average Bonchev–Trinajstić information content (AvgIpc) is 2.34. The number of ether oxygens (including phenoxy) is 1. The largest absolute Gasteiger partial charge is 0.375 e. The minimum absolute atomic E-state index is 0.267. The van der Waals surface area contributed by atoms with E-state index in [0.29, 0.717) is 0 Å². The molecule has 1 saturated carbocycles. The third-order valence-corrected chi connectivity index (χ3v) is 5.76. The Hall–Kier alpha value is 0.690. The van der Waals surface area contributed by atoms with Gasteiger partial charge >= 0.3 is 0 Å². The van der Waals surface area contributed by atoms with E-state index in [4.69, 9.17) is 4.74 Å². The van der Waals surface area contributed by atoms with Crippen LogP contribution >= 0.6 is 22.6 Å². The number of hydrogen-bond donors (Lipinski definition) is 0. The van der Waals surface area contributed by atoms with Crippen molar-refractivity contribution in [3.05, 3.63) is 0 Å². The summed E-state index contributed by atoms with van der Waals surface area (Å²) in [6.45, 7) is 1.01. The van der Waals surface area contributed by atoms with Crippen molar-refractivity contribution in [2.45, 2.75) is 93.0 Å². The number of rotatable bonds is 0. The average molecular weight is 364 g/mol. The van der Waals surface area contributed by atoms with Crippen LogP contribution in [0.2, 0.25) is 0 Å². The lowest BCUT2D eigenvalue weighted by molar-refractivity contribution is -0.0874. The molecule has 0 aromatic heterocycles. The van der Waals surface area contributed by atoms with Crippen LogP contribution < -0.4 is 0 Å². The number of alkyl halides is 1. The molecule has 1 heterocycles. The second kappa shape index (κ2) is 8.08. The maximum Gasteiger partial charge on any atom is 0.0692 e. The SMILES string of the molecule is I[C@@H]1CCOC2(CCCCCCCCCCC2)C1. The van der Waals surface area contributed by atoms with Crippen molar-refractivity contribution in [1.82, 2.24) is 0 Å². The summed E-state index contributed by atoms with van der Waals surface area (Å²) in [6, 6.07) is 0. The molecule has 1 aliphatic carbocycles. The molecule has 0 unspecified atom stereocenters. The fraction of sp³-hybridized carbons (Fsp3) is 1.00. The zero-order chi connectivity index (χ0) is 12.7. The Bertz CT molecular complexity index is 217. The molecule has 0 aromatic carbocycles. The van der Waals surface area contributed by atoms with Crippen molar-refractivity contribution < 1.29 is 4.74 Å². The number of halogens is 1. The van der Waals surface area contributed by atoms with Gasteiger partial charge < -0.3 is 4.74 Å². The van der Waals surface area contributed by atoms with E-state index in [0.717, 1.165) is 10.5 Å². The Balaban J connectivity index is 1.87. The molecule has 1 aliphatic heterocycles. The van der Waals surface area contributed by atoms with Crippen LogP contribution in [-0.2, 0) is 4.74 Å². The lowest BCUT2D eigenvalue weighted by Crippen LogP contribution is -2.40. The van der Waals surface area contributed by atoms with E-state index in [1.807, 2.05) is 0 Å². The minimum Gasteiger partial charge on any atom is -0.375 e. The summed E-state index contributed by atoms with van der Waals surface area (Å²) in [5, 5.41) is 0. The van der Waals surface area contributed by atoms with Crippen LogP contribution in [0.4, 0.5) is 0 Å². The van der Waals surface area contributed by atoms with Gasteiger partial charge in [-0.15, -0.1) is 0 Å². The highest BCUT2D eigenvalue weighted by Gasteiger charge is 2.35. The molecule has 2 fully saturated rings. The molecule has 0 aromatic rings. The smallest absolute Gasteiger partial charge is 0.0692 e. The van der Waals surface area contributed by atoms with E-state index in [2.05, 4.69) is 22.6 Å². The highest BCUT2D eigenvalue weighted by Crippen LogP contribution is 2.38. The lowest BCUT2D eigenvalue weighted by Gasteiger charge is -2.40. The molecule has 2 aliphatic rings. The molecule has 18 heavy (non-hydrogen) atoms. The summed E-state index contributed by atoms with van der Waals surface area (Å²) in [4.78, 5) is 0. The summed E-state index contributed by atoms with van der Waals surface area (Å²) in [5.41, 5.74) is 0.267. The Kier molecular flexibility index (Phi) is 6.77. The van der Waals surface area contributed by atoms with Gasteiger partial charge in [-0.25, -0.2) is 0 Å². The van der Waals surface area contributed by atoms with Crippen LogP contribution in [0, 0.1) is 0 Å². The quantitative estimate of drug-likeness (QED) is 0.399. The molecule has 1 nitrogen and oxygen atoms in total. The van der Waals surface area contributed by atoms with Gasteiger partial charge in [0.1, 0.15) is 0 Å². The van der Waals surface area contributed by atoms with Crippen LogP contribution in [0.1, 0.15) is 83.5 Å². The van der Waals surface area contributed by atoms with Gasteiger partial charge in [-0.1, -0.05) is 80.4 Å². The van der Waals surface area contributed by atoms with E-state index < -0.39 is 0 Å². The molecular formula is C16H29IO. The molecule has 0 N–H and O–H groups in total. The molecule has 2 heteroatoms. The van der Waals surface area contributed by atoms with Gasteiger partial charge in [0.05, 0.1) is 5.60 Å². The van der Waals surface area contributed by atoms with E-state index in [1.165, 1.54) is 83.5 Å². The van der Waals surface area contributed by atoms with Gasteiger partial charge in [0.15, 0.2) is 0 Å². The third kappa shape index (κ3) is 4.99. The summed E-state index contributed by atoms with van der Waals surface area (Å²) in [7, 11) is 0. The highest BCUT2D eigenvalue weighted by atomic mass is 127. The predicted octanol–water partition coefficient (Wildman–Crippen LogP) is 5.64. The maximum absolute atomic E-state index is 6.28. The van der Waals surface area contributed by atoms with Gasteiger partial charge in [0.2, 0.25) is 0 Å². The third-order valence-electron chi connectivity index (χ3n) is 4.70. The lowest BCUT2D eigenvalue weighted by atomic mass is 9.83. The molecule has 106 valence electrons. The first-order chi connectivity index (χ1) is 8.81. The molecule has 1 spiro atoms. The maximum atomic E-state index is 6.28. The summed E-state index contributed by atoms with van der Waals surface area (Å²) >= 11 is 2.64. The second-order valence-corrected chi connectivity index (χ2v) is 8.07. The normalized spacial score (nSPS) is 31.5. The zero-order valence-electron chi connectivity index (χ0n) is 11.8. The standard InChI is InChI=1S/C16H29IO/c17-15-10-13-18-16(14-15)11-8-6-4-2-1-3-5-7-9-12-16/h15H,1-14H2/t15-/m1/s1. The van der Waals surface area contributed by atoms with Crippen molar-refractivity contribution >= 4 is 22.6 Å². The minimum atomic E-state index is 0.267. The van der Waals surface area contributed by atoms with Gasteiger partial charge in [0.25, 0.3) is 0 Å². The van der Waals surface area contributed by atoms with E-state index in [9.17, 15) is 0 Å². The first kappa shape index (κ1) is 15.1. The van der Waals surface area contributed by atoms with E-state index in [1.54, 1.807) is 0 Å². The van der Waals surface area contributed by atoms with Crippen LogP contribution in [0.25, 0.3) is 0 Å². The molecule has 0 radical (unpaired) electrons. The highest BCUT2D eigenvalue weighted by molar-refractivity contribution is 14.1. The van der Waals surface area contributed by atoms with Gasteiger partial charge in [0, 0.05) is 10.5 Å². The van der Waals surface area contributed by atoms with E-state index in [-0.39, 0.29) is 5.60 Å². The van der Waals surface area contributed by atoms with Crippen molar-refractivity contribution in [2.24, 2.45) is 0 Å². The van der Waals surface area contributed by atoms with Crippen molar-refractivity contribution in [3.63, 3.8) is 0 Å². The molecular weight excluding hydrogens is 335 g/mol. The Labute approximate surface area is 127 Å². The van der Waals surface area contributed by atoms with Crippen LogP contribution in [0.5, 0.6) is 0 Å². The summed E-state index contributed by atoms with van der Waals surface area (Å²) in [5.74, 6) is 0. The topological polar surface area (TPSA) is 9.23 Å². The molecule has 1 atom stereocenters. The Morgan fingerprint density at radius 2 is 1.28 bits per heavy atom. The molecule has 0 amide bonds. The fourth-order valence-corrected chi connectivity index (χ4v) is 4.63. The molecule has 1 saturated heterocycles. The van der Waals surface area contributed by atoms with Crippen molar-refractivity contribution in [1.29, 1.82) is 0 Å². The van der Waals surface area contributed by atoms with Gasteiger partial charge in [-0.2, -0.15) is 0 Å². The summed E-state index contributed by atoms with van der Waals surface area (Å²) < 4.78 is 7.13.